The molecule has 0 bridgehead atoms. The summed E-state index contributed by atoms with van der Waals surface area (Å²) in [6, 6.07) is 5.82. The standard InChI is InChI=1S/C23H23F4N3O5/c1-33-20(31)14-6-10-30(11-7-14)21(32)29-22(8-12-34-18-3-2-9-28-19(18)22)15-4-5-17(16(24)13-15)35-23(25,26)27/h2-5,9,13-14H,6-8,10-12H2,1H3,(H,29,32)/t22-/m0/s1. The summed E-state index contributed by atoms with van der Waals surface area (Å²) in [5.41, 5.74) is -0.888. The van der Waals surface area contributed by atoms with E-state index in [1.165, 1.54) is 24.3 Å². The number of hydrogen-bond donors (Lipinski definition) is 1. The fraction of sp³-hybridized carbons (Fsp3) is 0.435. The van der Waals surface area contributed by atoms with Crippen LogP contribution in [0.5, 0.6) is 11.5 Å². The number of likely N-dealkylation sites (tertiary alicyclic amines) is 1. The molecule has 4 rings (SSSR count). The van der Waals surface area contributed by atoms with E-state index in [4.69, 9.17) is 9.47 Å². The first-order valence-corrected chi connectivity index (χ1v) is 10.9. The Hall–Kier alpha value is -3.57. The molecule has 2 aliphatic heterocycles. The molecule has 0 spiro atoms. The van der Waals surface area contributed by atoms with Gasteiger partial charge >= 0.3 is 18.4 Å². The molecule has 12 heteroatoms. The van der Waals surface area contributed by atoms with Gasteiger partial charge in [0.1, 0.15) is 17.0 Å². The molecule has 1 atom stereocenters. The number of methoxy groups -OCH3 is 1. The lowest BCUT2D eigenvalue weighted by molar-refractivity contribution is -0.275. The first-order valence-electron chi connectivity index (χ1n) is 10.9. The van der Waals surface area contributed by atoms with E-state index in [-0.39, 0.29) is 30.5 Å². The number of ether oxygens (including phenoxy) is 3. The molecule has 2 aromatic rings. The molecular weight excluding hydrogens is 474 g/mol. The van der Waals surface area contributed by atoms with E-state index in [1.807, 2.05) is 0 Å². The van der Waals surface area contributed by atoms with E-state index in [9.17, 15) is 27.2 Å². The minimum Gasteiger partial charge on any atom is -0.491 e. The van der Waals surface area contributed by atoms with E-state index in [2.05, 4.69) is 15.0 Å². The highest BCUT2D eigenvalue weighted by Gasteiger charge is 2.44. The Balaban J connectivity index is 1.66. The maximum absolute atomic E-state index is 14.7. The van der Waals surface area contributed by atoms with Gasteiger partial charge in [0.2, 0.25) is 0 Å². The van der Waals surface area contributed by atoms with Crippen LogP contribution >= 0.6 is 0 Å². The van der Waals surface area contributed by atoms with Crippen molar-refractivity contribution in [3.8, 4) is 11.5 Å². The number of fused-ring (bicyclic) bond motifs is 1. The number of aromatic nitrogens is 1. The highest BCUT2D eigenvalue weighted by molar-refractivity contribution is 5.77. The van der Waals surface area contributed by atoms with Crippen LogP contribution < -0.4 is 14.8 Å². The molecule has 2 amide bonds. The number of pyridine rings is 1. The van der Waals surface area contributed by atoms with Crippen LogP contribution in [0, 0.1) is 11.7 Å². The van der Waals surface area contributed by atoms with Crippen LogP contribution in [0.15, 0.2) is 36.5 Å². The van der Waals surface area contributed by atoms with Crippen LogP contribution in [0.25, 0.3) is 0 Å². The average molecular weight is 497 g/mol. The second kappa shape index (κ2) is 9.59. The first-order chi connectivity index (χ1) is 16.6. The third kappa shape index (κ3) is 5.10. The summed E-state index contributed by atoms with van der Waals surface area (Å²) in [5.74, 6) is -2.50. The minimum atomic E-state index is -5.06. The molecule has 1 N–H and O–H groups in total. The lowest BCUT2D eigenvalue weighted by Crippen LogP contribution is -2.55. The maximum Gasteiger partial charge on any atom is 0.573 e. The summed E-state index contributed by atoms with van der Waals surface area (Å²) < 4.78 is 66.7. The van der Waals surface area contributed by atoms with Crippen molar-refractivity contribution >= 4 is 12.0 Å². The van der Waals surface area contributed by atoms with Crippen LogP contribution in [-0.2, 0) is 15.1 Å². The Morgan fingerprint density at radius 3 is 2.63 bits per heavy atom. The van der Waals surface area contributed by atoms with Gasteiger partial charge in [-0.15, -0.1) is 13.2 Å². The van der Waals surface area contributed by atoms with Crippen molar-refractivity contribution in [1.29, 1.82) is 0 Å². The number of carbonyl (C=O) groups is 2. The average Bonchev–Trinajstić information content (AvgIpc) is 2.84. The zero-order valence-electron chi connectivity index (χ0n) is 18.7. The topological polar surface area (TPSA) is 90.0 Å². The second-order valence-corrected chi connectivity index (χ2v) is 8.26. The Morgan fingerprint density at radius 2 is 1.97 bits per heavy atom. The molecule has 188 valence electrons. The van der Waals surface area contributed by atoms with Gasteiger partial charge in [0.25, 0.3) is 0 Å². The number of benzene rings is 1. The zero-order chi connectivity index (χ0) is 25.2. The minimum absolute atomic E-state index is 0.145. The number of alkyl halides is 3. The fourth-order valence-electron chi connectivity index (χ4n) is 4.46. The molecule has 1 saturated heterocycles. The molecule has 1 aromatic heterocycles. The van der Waals surface area contributed by atoms with E-state index in [0.717, 1.165) is 12.1 Å². The summed E-state index contributed by atoms with van der Waals surface area (Å²) in [6.07, 6.45) is -2.59. The van der Waals surface area contributed by atoms with E-state index < -0.39 is 29.5 Å². The summed E-state index contributed by atoms with van der Waals surface area (Å²) in [6.45, 7) is 0.728. The lowest BCUT2D eigenvalue weighted by Gasteiger charge is -2.41. The third-order valence-corrected chi connectivity index (χ3v) is 6.20. The van der Waals surface area contributed by atoms with Gasteiger partial charge in [-0.2, -0.15) is 0 Å². The number of carbonyl (C=O) groups excluding carboxylic acids is 2. The summed E-state index contributed by atoms with van der Waals surface area (Å²) >= 11 is 0. The van der Waals surface area contributed by atoms with E-state index in [1.54, 1.807) is 12.1 Å². The Kier molecular flexibility index (Phi) is 6.73. The van der Waals surface area contributed by atoms with Gasteiger partial charge in [-0.1, -0.05) is 6.07 Å². The quantitative estimate of drug-likeness (QED) is 0.512. The van der Waals surface area contributed by atoms with Crippen molar-refractivity contribution in [3.05, 3.63) is 53.6 Å². The largest absolute Gasteiger partial charge is 0.573 e. The highest BCUT2D eigenvalue weighted by atomic mass is 19.4. The number of amides is 2. The number of nitrogens with one attached hydrogen (secondary N) is 1. The predicted molar refractivity (Wildman–Crippen MR) is 113 cm³/mol. The fourth-order valence-corrected chi connectivity index (χ4v) is 4.46. The Morgan fingerprint density at radius 1 is 1.23 bits per heavy atom. The Labute approximate surface area is 198 Å². The molecule has 0 unspecified atom stereocenters. The smallest absolute Gasteiger partial charge is 0.491 e. The second-order valence-electron chi connectivity index (χ2n) is 8.26. The van der Waals surface area contributed by atoms with Crippen LogP contribution in [0.2, 0.25) is 0 Å². The molecule has 8 nitrogen and oxygen atoms in total. The highest BCUT2D eigenvalue weighted by Crippen LogP contribution is 2.42. The normalized spacial score (nSPS) is 20.4. The number of halogens is 4. The van der Waals surface area contributed by atoms with E-state index >= 15 is 0 Å². The Bertz CT molecular complexity index is 1100. The van der Waals surface area contributed by atoms with Crippen molar-refractivity contribution in [2.75, 3.05) is 26.8 Å². The SMILES string of the molecule is COC(=O)C1CCN(C(=O)N[C@]2(c3ccc(OC(F)(F)F)c(F)c3)CCOc3cccnc32)CC1. The molecule has 0 aliphatic carbocycles. The molecule has 0 radical (unpaired) electrons. The van der Waals surface area contributed by atoms with Crippen molar-refractivity contribution in [3.63, 3.8) is 0 Å². The molecule has 0 saturated carbocycles. The van der Waals surface area contributed by atoms with E-state index in [0.29, 0.717) is 37.4 Å². The van der Waals surface area contributed by atoms with Crippen LogP contribution in [0.4, 0.5) is 22.4 Å². The number of urea groups is 1. The summed E-state index contributed by atoms with van der Waals surface area (Å²) in [5, 5.41) is 2.93. The zero-order valence-corrected chi connectivity index (χ0v) is 18.7. The van der Waals surface area contributed by atoms with Gasteiger partial charge in [-0.25, -0.2) is 9.18 Å². The molecular formula is C23H23F4N3O5. The van der Waals surface area contributed by atoms with Gasteiger partial charge in [0, 0.05) is 25.7 Å². The van der Waals surface area contributed by atoms with Gasteiger partial charge in [0.05, 0.1) is 19.6 Å². The number of piperidine rings is 1. The summed E-state index contributed by atoms with van der Waals surface area (Å²) in [4.78, 5) is 31.0. The van der Waals surface area contributed by atoms with Crippen LogP contribution in [0.3, 0.4) is 0 Å². The predicted octanol–water partition coefficient (Wildman–Crippen LogP) is 3.74. The third-order valence-electron chi connectivity index (χ3n) is 6.20. The van der Waals surface area contributed by atoms with Crippen molar-refractivity contribution in [1.82, 2.24) is 15.2 Å². The van der Waals surface area contributed by atoms with Crippen molar-refractivity contribution < 1.29 is 41.4 Å². The monoisotopic (exact) mass is 497 g/mol. The van der Waals surface area contributed by atoms with Gasteiger partial charge in [-0.3, -0.25) is 9.78 Å². The maximum atomic E-state index is 14.7. The van der Waals surface area contributed by atoms with Gasteiger partial charge in [-0.05, 0) is 42.7 Å². The molecule has 1 fully saturated rings. The number of nitrogens with zero attached hydrogens (tertiary/aromatic N) is 2. The van der Waals surface area contributed by atoms with Crippen molar-refractivity contribution in [2.24, 2.45) is 5.92 Å². The molecule has 35 heavy (non-hydrogen) atoms. The summed E-state index contributed by atoms with van der Waals surface area (Å²) in [7, 11) is 1.31. The molecule has 3 heterocycles. The van der Waals surface area contributed by atoms with Crippen LogP contribution in [0.1, 0.15) is 30.5 Å². The van der Waals surface area contributed by atoms with Crippen LogP contribution in [-0.4, -0.2) is 55.1 Å². The molecule has 2 aliphatic rings. The number of rotatable bonds is 4. The van der Waals surface area contributed by atoms with Gasteiger partial charge < -0.3 is 24.4 Å². The van der Waals surface area contributed by atoms with Gasteiger partial charge in [0.15, 0.2) is 11.6 Å². The first kappa shape index (κ1) is 24.6. The molecule has 1 aromatic carbocycles. The number of hydrogen-bond acceptors (Lipinski definition) is 6. The lowest BCUT2D eigenvalue weighted by atomic mass is 9.81. The van der Waals surface area contributed by atoms with Crippen molar-refractivity contribution in [2.45, 2.75) is 31.2 Å². The number of esters is 1.